The maximum Gasteiger partial charge on any atom is 0.251 e. The van der Waals surface area contributed by atoms with Crippen LogP contribution in [0.5, 0.6) is 5.75 Å². The number of aryl methyl sites for hydroxylation is 1. The van der Waals surface area contributed by atoms with Gasteiger partial charge < -0.3 is 9.72 Å². The van der Waals surface area contributed by atoms with Crippen molar-refractivity contribution in [3.63, 3.8) is 0 Å². The first-order valence-electron chi connectivity index (χ1n) is 8.89. The zero-order valence-electron chi connectivity index (χ0n) is 14.7. The van der Waals surface area contributed by atoms with Gasteiger partial charge in [0.05, 0.1) is 12.8 Å². The normalized spacial score (nSPS) is 16.9. The van der Waals surface area contributed by atoms with Crippen LogP contribution in [0.25, 0.3) is 0 Å². The van der Waals surface area contributed by atoms with Crippen LogP contribution in [0, 0.1) is 12.8 Å². The first kappa shape index (κ1) is 17.8. The molecule has 0 saturated carbocycles. The van der Waals surface area contributed by atoms with Crippen LogP contribution in [-0.2, 0) is 17.6 Å². The number of H-pyrrole nitrogens is 1. The highest BCUT2D eigenvalue weighted by molar-refractivity contribution is 5.81. The van der Waals surface area contributed by atoms with Crippen molar-refractivity contribution in [2.45, 2.75) is 71.6 Å². The minimum Gasteiger partial charge on any atom is -0.495 e. The fraction of sp³-hybridized carbons (Fsp3) is 0.684. The molecule has 1 aromatic heterocycles. The molecular formula is C19H29NO3. The Bertz CT molecular complexity index is 603. The molecule has 4 nitrogen and oxygen atoms in total. The number of Topliss-reactive ketones (excluding diaryl/α,β-unsaturated/α-hetero) is 1. The quantitative estimate of drug-likeness (QED) is 0.743. The van der Waals surface area contributed by atoms with E-state index in [4.69, 9.17) is 4.74 Å². The summed E-state index contributed by atoms with van der Waals surface area (Å²) in [6.07, 6.45) is 8.62. The summed E-state index contributed by atoms with van der Waals surface area (Å²) < 4.78 is 5.44. The van der Waals surface area contributed by atoms with Crippen molar-refractivity contribution in [3.05, 3.63) is 27.2 Å². The summed E-state index contributed by atoms with van der Waals surface area (Å²) in [4.78, 5) is 27.5. The Morgan fingerprint density at radius 1 is 1.22 bits per heavy atom. The summed E-state index contributed by atoms with van der Waals surface area (Å²) in [6.45, 7) is 4.05. The number of methoxy groups -OCH3 is 1. The number of ether oxygens (including phenoxy) is 1. The van der Waals surface area contributed by atoms with E-state index in [-0.39, 0.29) is 11.5 Å². The zero-order valence-corrected chi connectivity index (χ0v) is 14.7. The minimum atomic E-state index is -0.0567. The van der Waals surface area contributed by atoms with Crippen LogP contribution >= 0.6 is 0 Å². The third-order valence-electron chi connectivity index (χ3n) is 4.93. The van der Waals surface area contributed by atoms with E-state index in [0.29, 0.717) is 18.6 Å². The number of ketones is 1. The topological polar surface area (TPSA) is 59.2 Å². The second-order valence-corrected chi connectivity index (χ2v) is 6.64. The fourth-order valence-corrected chi connectivity index (χ4v) is 3.61. The Kier molecular flexibility index (Phi) is 6.43. The van der Waals surface area contributed by atoms with Gasteiger partial charge in [0.2, 0.25) is 0 Å². The number of fused-ring (bicyclic) bond motifs is 1. The van der Waals surface area contributed by atoms with Crippen molar-refractivity contribution in [2.75, 3.05) is 7.11 Å². The van der Waals surface area contributed by atoms with E-state index >= 15 is 0 Å². The Morgan fingerprint density at radius 2 is 1.96 bits per heavy atom. The predicted molar refractivity (Wildman–Crippen MR) is 92.2 cm³/mol. The molecule has 0 aromatic carbocycles. The van der Waals surface area contributed by atoms with E-state index < -0.39 is 0 Å². The van der Waals surface area contributed by atoms with Gasteiger partial charge in [0.25, 0.3) is 5.56 Å². The summed E-state index contributed by atoms with van der Waals surface area (Å²) >= 11 is 0. The maximum absolute atomic E-state index is 12.4. The average Bonchev–Trinajstić information content (AvgIpc) is 2.54. The predicted octanol–water partition coefficient (Wildman–Crippen LogP) is 3.73. The molecule has 0 radical (unpaired) electrons. The summed E-state index contributed by atoms with van der Waals surface area (Å²) in [5, 5.41) is 0. The van der Waals surface area contributed by atoms with E-state index in [2.05, 4.69) is 11.9 Å². The number of unbranched alkanes of at least 4 members (excludes halogenated alkanes) is 4. The SMILES string of the molecule is CCCCCCCC(=O)C1CCc2c(OC)c(C)[nH]c(=O)c2C1. The first-order valence-corrected chi connectivity index (χ1v) is 8.89. The molecule has 1 aliphatic rings. The summed E-state index contributed by atoms with van der Waals surface area (Å²) in [5.74, 6) is 1.11. The summed E-state index contributed by atoms with van der Waals surface area (Å²) in [6, 6.07) is 0. The van der Waals surface area contributed by atoms with Crippen LogP contribution in [0.1, 0.15) is 68.7 Å². The maximum atomic E-state index is 12.4. The van der Waals surface area contributed by atoms with Crippen LogP contribution in [0.2, 0.25) is 0 Å². The number of carbonyl (C=O) groups is 1. The number of hydrogen-bond donors (Lipinski definition) is 1. The van der Waals surface area contributed by atoms with Crippen molar-refractivity contribution in [1.29, 1.82) is 0 Å². The lowest BCUT2D eigenvalue weighted by Gasteiger charge is -2.25. The lowest BCUT2D eigenvalue weighted by Crippen LogP contribution is -2.29. The van der Waals surface area contributed by atoms with E-state index in [9.17, 15) is 9.59 Å². The van der Waals surface area contributed by atoms with Crippen molar-refractivity contribution < 1.29 is 9.53 Å². The van der Waals surface area contributed by atoms with E-state index in [1.165, 1.54) is 19.3 Å². The van der Waals surface area contributed by atoms with Gasteiger partial charge in [-0.05, 0) is 32.6 Å². The highest BCUT2D eigenvalue weighted by Crippen LogP contribution is 2.32. The van der Waals surface area contributed by atoms with Crippen LogP contribution in [0.4, 0.5) is 0 Å². The molecule has 0 spiro atoms. The second-order valence-electron chi connectivity index (χ2n) is 6.64. The van der Waals surface area contributed by atoms with Gasteiger partial charge in [0.1, 0.15) is 11.5 Å². The average molecular weight is 319 g/mol. The molecule has 0 amide bonds. The lowest BCUT2D eigenvalue weighted by molar-refractivity contribution is -0.123. The minimum absolute atomic E-state index is 0.00203. The van der Waals surface area contributed by atoms with Crippen molar-refractivity contribution in [2.24, 2.45) is 5.92 Å². The molecule has 1 atom stereocenters. The highest BCUT2D eigenvalue weighted by Gasteiger charge is 2.28. The molecule has 1 aromatic rings. The molecular weight excluding hydrogens is 290 g/mol. The van der Waals surface area contributed by atoms with Crippen molar-refractivity contribution >= 4 is 5.78 Å². The Balaban J connectivity index is 2.00. The molecule has 0 bridgehead atoms. The number of pyridine rings is 1. The molecule has 0 saturated heterocycles. The van der Waals surface area contributed by atoms with Crippen molar-refractivity contribution in [3.8, 4) is 5.75 Å². The zero-order chi connectivity index (χ0) is 16.8. The largest absolute Gasteiger partial charge is 0.495 e. The van der Waals surface area contributed by atoms with Crippen LogP contribution in [0.3, 0.4) is 0 Å². The molecule has 1 aliphatic carbocycles. The standard InChI is InChI=1S/C19H29NO3/c1-4-5-6-7-8-9-17(21)14-10-11-15-16(12-14)19(22)20-13(2)18(15)23-3/h14H,4-12H2,1-3H3,(H,20,22). The molecule has 0 aliphatic heterocycles. The van der Waals surface area contributed by atoms with Gasteiger partial charge in [-0.15, -0.1) is 0 Å². The van der Waals surface area contributed by atoms with E-state index in [1.807, 2.05) is 6.92 Å². The molecule has 4 heteroatoms. The van der Waals surface area contributed by atoms with Gasteiger partial charge in [-0.2, -0.15) is 0 Å². The molecule has 1 N–H and O–H groups in total. The van der Waals surface area contributed by atoms with Crippen molar-refractivity contribution in [1.82, 2.24) is 4.98 Å². The van der Waals surface area contributed by atoms with Crippen LogP contribution in [-0.4, -0.2) is 17.9 Å². The smallest absolute Gasteiger partial charge is 0.251 e. The third-order valence-corrected chi connectivity index (χ3v) is 4.93. The van der Waals surface area contributed by atoms with Gasteiger partial charge in [-0.25, -0.2) is 0 Å². The Hall–Kier alpha value is -1.58. The number of aromatic nitrogens is 1. The first-order chi connectivity index (χ1) is 11.1. The molecule has 128 valence electrons. The van der Waals surface area contributed by atoms with E-state index in [1.54, 1.807) is 7.11 Å². The third kappa shape index (κ3) is 4.24. The molecule has 1 unspecified atom stereocenters. The number of aromatic amines is 1. The van der Waals surface area contributed by atoms with Gasteiger partial charge >= 0.3 is 0 Å². The van der Waals surface area contributed by atoms with Gasteiger partial charge in [-0.1, -0.05) is 32.6 Å². The van der Waals surface area contributed by atoms with Crippen LogP contribution < -0.4 is 10.3 Å². The molecule has 1 heterocycles. The van der Waals surface area contributed by atoms with Gasteiger partial charge in [0.15, 0.2) is 0 Å². The molecule has 2 rings (SSSR count). The summed E-state index contributed by atoms with van der Waals surface area (Å²) in [7, 11) is 1.63. The van der Waals surface area contributed by atoms with E-state index in [0.717, 1.165) is 48.3 Å². The fourth-order valence-electron chi connectivity index (χ4n) is 3.61. The Labute approximate surface area is 138 Å². The summed E-state index contributed by atoms with van der Waals surface area (Å²) in [5.41, 5.74) is 2.47. The number of hydrogen-bond acceptors (Lipinski definition) is 3. The molecule has 23 heavy (non-hydrogen) atoms. The van der Waals surface area contributed by atoms with Crippen LogP contribution in [0.15, 0.2) is 4.79 Å². The van der Waals surface area contributed by atoms with Gasteiger partial charge in [-0.3, -0.25) is 9.59 Å². The van der Waals surface area contributed by atoms with Gasteiger partial charge in [0, 0.05) is 23.5 Å². The second kappa shape index (κ2) is 8.32. The number of nitrogens with one attached hydrogen (secondary N) is 1. The number of rotatable bonds is 8. The number of carbonyl (C=O) groups excluding carboxylic acids is 1. The lowest BCUT2D eigenvalue weighted by atomic mass is 9.80. The Morgan fingerprint density at radius 3 is 2.65 bits per heavy atom. The highest BCUT2D eigenvalue weighted by atomic mass is 16.5. The monoisotopic (exact) mass is 319 g/mol. The molecule has 0 fully saturated rings.